The van der Waals surface area contributed by atoms with E-state index in [2.05, 4.69) is 5.32 Å². The Kier molecular flexibility index (Phi) is 6.21. The third kappa shape index (κ3) is 5.80. The van der Waals surface area contributed by atoms with Gasteiger partial charge in [0.2, 0.25) is 5.91 Å². The number of carbonyl (C=O) groups is 2. The molecule has 0 fully saturated rings. The molecule has 0 saturated heterocycles. The third-order valence-corrected chi connectivity index (χ3v) is 3.53. The van der Waals surface area contributed by atoms with E-state index < -0.39 is 23.6 Å². The van der Waals surface area contributed by atoms with Crippen LogP contribution in [0.2, 0.25) is 0 Å². The summed E-state index contributed by atoms with van der Waals surface area (Å²) in [5.74, 6) is -1.59. The smallest absolute Gasteiger partial charge is 0.416 e. The van der Waals surface area contributed by atoms with Crippen molar-refractivity contribution in [1.82, 2.24) is 5.32 Å². The number of carboxylic acid groups (broad SMARTS) is 1. The molecule has 0 heterocycles. The van der Waals surface area contributed by atoms with Crippen molar-refractivity contribution < 1.29 is 27.9 Å². The molecule has 0 radical (unpaired) electrons. The molecule has 8 heteroatoms. The van der Waals surface area contributed by atoms with Crippen molar-refractivity contribution in [2.24, 2.45) is 0 Å². The van der Waals surface area contributed by atoms with Gasteiger partial charge in [-0.2, -0.15) is 13.2 Å². The minimum Gasteiger partial charge on any atom is -0.480 e. The number of halogens is 3. The Balaban J connectivity index is 1.99. The summed E-state index contributed by atoms with van der Waals surface area (Å²) in [5, 5.41) is 11.5. The summed E-state index contributed by atoms with van der Waals surface area (Å²) in [7, 11) is 0. The summed E-state index contributed by atoms with van der Waals surface area (Å²) in [6, 6.07) is 13.2. The van der Waals surface area contributed by atoms with E-state index in [-0.39, 0.29) is 19.6 Å². The summed E-state index contributed by atoms with van der Waals surface area (Å²) < 4.78 is 38.1. The van der Waals surface area contributed by atoms with Crippen LogP contribution in [0.5, 0.6) is 0 Å². The Morgan fingerprint density at radius 3 is 2.31 bits per heavy atom. The molecule has 138 valence electrons. The molecule has 0 aromatic heterocycles. The minimum atomic E-state index is -4.45. The quantitative estimate of drug-likeness (QED) is 0.791. The summed E-state index contributed by atoms with van der Waals surface area (Å²) in [4.78, 5) is 24.5. The van der Waals surface area contributed by atoms with Crippen molar-refractivity contribution >= 4 is 17.6 Å². The van der Waals surface area contributed by atoms with Gasteiger partial charge in [-0.25, -0.2) is 0 Å². The summed E-state index contributed by atoms with van der Waals surface area (Å²) in [6.07, 6.45) is -4.45. The molecule has 0 aliphatic carbocycles. The molecular formula is C18H17F3N2O3. The van der Waals surface area contributed by atoms with Gasteiger partial charge in [-0.05, 0) is 29.8 Å². The van der Waals surface area contributed by atoms with Gasteiger partial charge in [-0.15, -0.1) is 0 Å². The number of para-hydroxylation sites is 1. The summed E-state index contributed by atoms with van der Waals surface area (Å²) >= 11 is 0. The second-order valence-corrected chi connectivity index (χ2v) is 5.56. The second kappa shape index (κ2) is 8.37. The Morgan fingerprint density at radius 1 is 1.00 bits per heavy atom. The monoisotopic (exact) mass is 366 g/mol. The van der Waals surface area contributed by atoms with Crippen LogP contribution >= 0.6 is 0 Å². The molecule has 0 aliphatic heterocycles. The van der Waals surface area contributed by atoms with E-state index in [1.165, 1.54) is 17.0 Å². The number of benzene rings is 2. The number of alkyl halides is 3. The van der Waals surface area contributed by atoms with Gasteiger partial charge in [-0.3, -0.25) is 9.59 Å². The van der Waals surface area contributed by atoms with E-state index in [1.807, 2.05) is 0 Å². The molecule has 2 rings (SSSR count). The number of hydrogen-bond donors (Lipinski definition) is 2. The Bertz CT molecular complexity index is 764. The highest BCUT2D eigenvalue weighted by atomic mass is 19.4. The average molecular weight is 366 g/mol. The number of hydrogen-bond acceptors (Lipinski definition) is 3. The molecule has 0 aliphatic rings. The number of carboxylic acids is 1. The van der Waals surface area contributed by atoms with Gasteiger partial charge in [0.25, 0.3) is 0 Å². The fraction of sp³-hybridized carbons (Fsp3) is 0.222. The lowest BCUT2D eigenvalue weighted by atomic mass is 10.1. The molecule has 2 aromatic carbocycles. The maximum absolute atomic E-state index is 12.7. The van der Waals surface area contributed by atoms with Crippen molar-refractivity contribution in [1.29, 1.82) is 0 Å². The molecule has 1 amide bonds. The number of nitrogens with one attached hydrogen (secondary N) is 1. The number of aliphatic carboxylic acids is 1. The predicted molar refractivity (Wildman–Crippen MR) is 89.6 cm³/mol. The molecule has 26 heavy (non-hydrogen) atoms. The lowest BCUT2D eigenvalue weighted by molar-refractivity contribution is -0.138. The SMILES string of the molecule is O=C(O)CN(CC(=O)NCc1cccc(C(F)(F)F)c1)c1ccccc1. The van der Waals surface area contributed by atoms with E-state index in [4.69, 9.17) is 5.11 Å². The molecule has 0 spiro atoms. The Hall–Kier alpha value is -3.03. The van der Waals surface area contributed by atoms with Crippen molar-refractivity contribution in [2.75, 3.05) is 18.0 Å². The molecule has 0 atom stereocenters. The molecule has 2 aromatic rings. The van der Waals surface area contributed by atoms with Gasteiger partial charge < -0.3 is 15.3 Å². The lowest BCUT2D eigenvalue weighted by Gasteiger charge is -2.22. The standard InChI is InChI=1S/C18H17F3N2O3/c19-18(20,21)14-6-4-5-13(9-14)10-22-16(24)11-23(12-17(25)26)15-7-2-1-3-8-15/h1-9H,10-12H2,(H,22,24)(H,25,26). The first-order chi connectivity index (χ1) is 12.3. The van der Waals surface area contributed by atoms with Gasteiger partial charge in [-0.1, -0.05) is 30.3 Å². The van der Waals surface area contributed by atoms with Gasteiger partial charge in [0, 0.05) is 12.2 Å². The fourth-order valence-electron chi connectivity index (χ4n) is 2.33. The van der Waals surface area contributed by atoms with E-state index in [1.54, 1.807) is 30.3 Å². The van der Waals surface area contributed by atoms with E-state index in [9.17, 15) is 22.8 Å². The Labute approximate surface area is 148 Å². The van der Waals surface area contributed by atoms with Crippen LogP contribution in [0.4, 0.5) is 18.9 Å². The number of amides is 1. The second-order valence-electron chi connectivity index (χ2n) is 5.56. The number of anilines is 1. The van der Waals surface area contributed by atoms with E-state index >= 15 is 0 Å². The first-order valence-electron chi connectivity index (χ1n) is 7.70. The summed E-state index contributed by atoms with van der Waals surface area (Å²) in [5.41, 5.74) is 0.0721. The van der Waals surface area contributed by atoms with Gasteiger partial charge in [0.15, 0.2) is 0 Å². The van der Waals surface area contributed by atoms with Crippen LogP contribution in [0.25, 0.3) is 0 Å². The van der Waals surface area contributed by atoms with E-state index in [0.29, 0.717) is 11.3 Å². The zero-order valence-electron chi connectivity index (χ0n) is 13.7. The third-order valence-electron chi connectivity index (χ3n) is 3.53. The molecule has 0 saturated carbocycles. The zero-order chi connectivity index (χ0) is 19.2. The molecule has 5 nitrogen and oxygen atoms in total. The normalized spacial score (nSPS) is 11.0. The van der Waals surface area contributed by atoms with E-state index in [0.717, 1.165) is 12.1 Å². The average Bonchev–Trinajstić information content (AvgIpc) is 2.59. The van der Waals surface area contributed by atoms with Crippen LogP contribution in [0.3, 0.4) is 0 Å². The highest BCUT2D eigenvalue weighted by Crippen LogP contribution is 2.29. The topological polar surface area (TPSA) is 69.6 Å². The van der Waals surface area contributed by atoms with Crippen LogP contribution in [-0.4, -0.2) is 30.1 Å². The Morgan fingerprint density at radius 2 is 1.69 bits per heavy atom. The maximum atomic E-state index is 12.7. The first-order valence-corrected chi connectivity index (χ1v) is 7.70. The largest absolute Gasteiger partial charge is 0.480 e. The molecule has 2 N–H and O–H groups in total. The minimum absolute atomic E-state index is 0.0849. The molecular weight excluding hydrogens is 349 g/mol. The fourth-order valence-corrected chi connectivity index (χ4v) is 2.33. The zero-order valence-corrected chi connectivity index (χ0v) is 13.7. The van der Waals surface area contributed by atoms with Gasteiger partial charge >= 0.3 is 12.1 Å². The lowest BCUT2D eigenvalue weighted by Crippen LogP contribution is -2.39. The van der Waals surface area contributed by atoms with Crippen molar-refractivity contribution in [3.8, 4) is 0 Å². The van der Waals surface area contributed by atoms with Gasteiger partial charge in [0.1, 0.15) is 6.54 Å². The van der Waals surface area contributed by atoms with Gasteiger partial charge in [0.05, 0.1) is 12.1 Å². The van der Waals surface area contributed by atoms with Crippen molar-refractivity contribution in [3.05, 3.63) is 65.7 Å². The van der Waals surface area contributed by atoms with Crippen molar-refractivity contribution in [3.63, 3.8) is 0 Å². The summed E-state index contributed by atoms with van der Waals surface area (Å²) in [6.45, 7) is -0.686. The van der Waals surface area contributed by atoms with Crippen molar-refractivity contribution in [2.45, 2.75) is 12.7 Å². The highest BCUT2D eigenvalue weighted by molar-refractivity contribution is 5.84. The highest BCUT2D eigenvalue weighted by Gasteiger charge is 2.30. The first kappa shape index (κ1) is 19.3. The van der Waals surface area contributed by atoms with Crippen LogP contribution in [0.1, 0.15) is 11.1 Å². The molecule has 0 unspecified atom stereocenters. The van der Waals surface area contributed by atoms with Crippen LogP contribution in [0.15, 0.2) is 54.6 Å². The molecule has 0 bridgehead atoms. The van der Waals surface area contributed by atoms with Crippen LogP contribution < -0.4 is 10.2 Å². The maximum Gasteiger partial charge on any atom is 0.416 e. The number of rotatable bonds is 7. The van der Waals surface area contributed by atoms with Crippen LogP contribution in [-0.2, 0) is 22.3 Å². The van der Waals surface area contributed by atoms with Crippen LogP contribution in [0, 0.1) is 0 Å². The number of carbonyl (C=O) groups excluding carboxylic acids is 1. The predicted octanol–water partition coefficient (Wildman–Crippen LogP) is 2.91. The number of nitrogens with zero attached hydrogens (tertiary/aromatic N) is 1.